The zero-order valence-corrected chi connectivity index (χ0v) is 12.0. The molecule has 2 atom stereocenters. The highest BCUT2D eigenvalue weighted by atomic mass is 16.4. The van der Waals surface area contributed by atoms with Crippen molar-refractivity contribution in [1.82, 2.24) is 14.9 Å². The van der Waals surface area contributed by atoms with Crippen LogP contribution in [0.15, 0.2) is 18.5 Å². The fourth-order valence-corrected chi connectivity index (χ4v) is 2.64. The number of likely N-dealkylation sites (tertiary alicyclic amines) is 1. The van der Waals surface area contributed by atoms with Gasteiger partial charge in [-0.15, -0.1) is 0 Å². The summed E-state index contributed by atoms with van der Waals surface area (Å²) < 4.78 is 0. The Kier molecular flexibility index (Phi) is 5.08. The number of hydrogen-bond donors (Lipinski definition) is 2. The molecule has 1 aliphatic heterocycles. The Morgan fingerprint density at radius 2 is 2.19 bits per heavy atom. The van der Waals surface area contributed by atoms with Crippen LogP contribution in [0.5, 0.6) is 0 Å². The van der Waals surface area contributed by atoms with E-state index in [0.717, 1.165) is 12.8 Å². The molecule has 0 aromatic carbocycles. The molecule has 7 heteroatoms. The Balaban J connectivity index is 1.91. The van der Waals surface area contributed by atoms with Crippen molar-refractivity contribution >= 4 is 17.9 Å². The van der Waals surface area contributed by atoms with Crippen molar-refractivity contribution in [2.75, 3.05) is 18.4 Å². The van der Waals surface area contributed by atoms with Crippen LogP contribution in [0, 0.1) is 11.8 Å². The van der Waals surface area contributed by atoms with Crippen LogP contribution >= 0.6 is 0 Å². The van der Waals surface area contributed by atoms with Crippen LogP contribution in [0.25, 0.3) is 0 Å². The van der Waals surface area contributed by atoms with Gasteiger partial charge in [0.15, 0.2) is 0 Å². The summed E-state index contributed by atoms with van der Waals surface area (Å²) in [5.41, 5.74) is 0. The first-order chi connectivity index (χ1) is 10.1. The number of nitrogens with zero attached hydrogens (tertiary/aromatic N) is 3. The van der Waals surface area contributed by atoms with Gasteiger partial charge in [0.05, 0.1) is 0 Å². The highest BCUT2D eigenvalue weighted by Crippen LogP contribution is 2.26. The van der Waals surface area contributed by atoms with Crippen LogP contribution in [0.3, 0.4) is 0 Å². The summed E-state index contributed by atoms with van der Waals surface area (Å²) in [5.74, 6) is -0.228. The quantitative estimate of drug-likeness (QED) is 0.882. The third kappa shape index (κ3) is 4.40. The van der Waals surface area contributed by atoms with E-state index in [1.54, 1.807) is 23.4 Å². The summed E-state index contributed by atoms with van der Waals surface area (Å²) in [6, 6.07) is 1.45. The van der Waals surface area contributed by atoms with Gasteiger partial charge in [0, 0.05) is 31.9 Å². The van der Waals surface area contributed by atoms with Gasteiger partial charge in [-0.05, 0) is 30.7 Å². The lowest BCUT2D eigenvalue weighted by atomic mass is 9.85. The summed E-state index contributed by atoms with van der Waals surface area (Å²) in [7, 11) is 0. The Hall–Kier alpha value is -2.18. The number of carbonyl (C=O) groups excluding carboxylic acids is 1. The molecule has 2 heterocycles. The van der Waals surface area contributed by atoms with Gasteiger partial charge in [0.2, 0.25) is 5.95 Å². The summed E-state index contributed by atoms with van der Waals surface area (Å²) in [4.78, 5) is 32.6. The zero-order chi connectivity index (χ0) is 15.2. The van der Waals surface area contributed by atoms with Crippen LogP contribution in [0.1, 0.15) is 26.2 Å². The van der Waals surface area contributed by atoms with E-state index in [0.29, 0.717) is 13.1 Å². The molecule has 1 fully saturated rings. The summed E-state index contributed by atoms with van der Waals surface area (Å²) >= 11 is 0. The molecule has 1 saturated heterocycles. The summed E-state index contributed by atoms with van der Waals surface area (Å²) in [5, 5.41) is 11.5. The molecule has 2 amide bonds. The minimum absolute atomic E-state index is 0.0612. The van der Waals surface area contributed by atoms with Gasteiger partial charge in [0.1, 0.15) is 0 Å². The first kappa shape index (κ1) is 15.2. The van der Waals surface area contributed by atoms with Crippen LogP contribution in [-0.4, -0.2) is 45.1 Å². The predicted molar refractivity (Wildman–Crippen MR) is 76.8 cm³/mol. The number of anilines is 1. The molecule has 2 N–H and O–H groups in total. The molecular formula is C14H20N4O3. The maximum atomic E-state index is 12.2. The number of rotatable bonds is 4. The third-order valence-corrected chi connectivity index (χ3v) is 3.83. The maximum Gasteiger partial charge on any atom is 0.324 e. The van der Waals surface area contributed by atoms with E-state index in [2.05, 4.69) is 15.3 Å². The summed E-state index contributed by atoms with van der Waals surface area (Å²) in [6.45, 7) is 3.18. The van der Waals surface area contributed by atoms with Gasteiger partial charge in [0.25, 0.3) is 0 Å². The number of carboxylic acid groups (broad SMARTS) is 1. The lowest BCUT2D eigenvalue weighted by Crippen LogP contribution is -2.44. The first-order valence-electron chi connectivity index (χ1n) is 7.11. The highest BCUT2D eigenvalue weighted by molar-refractivity contribution is 5.87. The molecule has 0 bridgehead atoms. The van der Waals surface area contributed by atoms with Crippen molar-refractivity contribution in [3.8, 4) is 0 Å². The molecule has 1 aromatic rings. The number of piperidine rings is 1. The molecule has 7 nitrogen and oxygen atoms in total. The topological polar surface area (TPSA) is 95.4 Å². The fraction of sp³-hybridized carbons (Fsp3) is 0.571. The van der Waals surface area contributed by atoms with Crippen molar-refractivity contribution in [2.24, 2.45) is 11.8 Å². The number of nitrogens with one attached hydrogen (secondary N) is 1. The molecule has 2 rings (SSSR count). The molecule has 0 aliphatic carbocycles. The minimum Gasteiger partial charge on any atom is -0.481 e. The minimum atomic E-state index is -0.790. The Labute approximate surface area is 123 Å². The van der Waals surface area contributed by atoms with Gasteiger partial charge in [-0.2, -0.15) is 0 Å². The maximum absolute atomic E-state index is 12.2. The van der Waals surface area contributed by atoms with Crippen molar-refractivity contribution in [1.29, 1.82) is 0 Å². The monoisotopic (exact) mass is 292 g/mol. The Morgan fingerprint density at radius 1 is 1.48 bits per heavy atom. The predicted octanol–water partition coefficient (Wildman–Crippen LogP) is 1.83. The average Bonchev–Trinajstić information content (AvgIpc) is 2.47. The molecule has 1 aromatic heterocycles. The standard InChI is InChI=1S/C14H20N4O3/c1-10(8-12(19)20)11-4-2-7-18(9-11)14(21)17-13-15-5-3-6-16-13/h3,5-6,10-11H,2,4,7-9H2,1H3,(H,19,20)(H,15,16,17,21). The number of carbonyl (C=O) groups is 2. The number of carboxylic acids is 1. The van der Waals surface area contributed by atoms with E-state index in [9.17, 15) is 9.59 Å². The van der Waals surface area contributed by atoms with Crippen molar-refractivity contribution in [3.63, 3.8) is 0 Å². The molecule has 1 aliphatic rings. The van der Waals surface area contributed by atoms with Gasteiger partial charge in [-0.1, -0.05) is 6.92 Å². The average molecular weight is 292 g/mol. The number of urea groups is 1. The van der Waals surface area contributed by atoms with E-state index in [1.807, 2.05) is 6.92 Å². The zero-order valence-electron chi connectivity index (χ0n) is 12.0. The largest absolute Gasteiger partial charge is 0.481 e. The summed E-state index contributed by atoms with van der Waals surface area (Å²) in [6.07, 6.45) is 5.12. The van der Waals surface area contributed by atoms with E-state index < -0.39 is 5.97 Å². The lowest BCUT2D eigenvalue weighted by Gasteiger charge is -2.35. The van der Waals surface area contributed by atoms with E-state index >= 15 is 0 Å². The van der Waals surface area contributed by atoms with Crippen molar-refractivity contribution in [2.45, 2.75) is 26.2 Å². The first-order valence-corrected chi connectivity index (χ1v) is 7.11. The lowest BCUT2D eigenvalue weighted by molar-refractivity contribution is -0.138. The van der Waals surface area contributed by atoms with Crippen molar-refractivity contribution < 1.29 is 14.7 Å². The number of aromatic nitrogens is 2. The fourth-order valence-electron chi connectivity index (χ4n) is 2.64. The molecule has 114 valence electrons. The normalized spacial score (nSPS) is 19.9. The molecule has 2 unspecified atom stereocenters. The molecule has 0 saturated carbocycles. The van der Waals surface area contributed by atoms with E-state index in [-0.39, 0.29) is 30.2 Å². The molecule has 0 spiro atoms. The van der Waals surface area contributed by atoms with E-state index in [4.69, 9.17) is 5.11 Å². The van der Waals surface area contributed by atoms with Crippen molar-refractivity contribution in [3.05, 3.63) is 18.5 Å². The smallest absolute Gasteiger partial charge is 0.324 e. The van der Waals surface area contributed by atoms with Gasteiger partial charge in [-0.3, -0.25) is 10.1 Å². The molecule has 21 heavy (non-hydrogen) atoms. The van der Waals surface area contributed by atoms with Crippen LogP contribution in [0.2, 0.25) is 0 Å². The number of hydrogen-bond acceptors (Lipinski definition) is 4. The molecule has 0 radical (unpaired) electrons. The van der Waals surface area contributed by atoms with Gasteiger partial charge >= 0.3 is 12.0 Å². The number of aliphatic carboxylic acids is 1. The van der Waals surface area contributed by atoms with Crippen LogP contribution in [-0.2, 0) is 4.79 Å². The van der Waals surface area contributed by atoms with Gasteiger partial charge in [-0.25, -0.2) is 14.8 Å². The molecular weight excluding hydrogens is 272 g/mol. The Bertz CT molecular complexity index is 494. The van der Waals surface area contributed by atoms with Crippen LogP contribution < -0.4 is 5.32 Å². The highest BCUT2D eigenvalue weighted by Gasteiger charge is 2.28. The second-order valence-corrected chi connectivity index (χ2v) is 5.43. The second-order valence-electron chi connectivity index (χ2n) is 5.43. The van der Waals surface area contributed by atoms with E-state index in [1.165, 1.54) is 0 Å². The van der Waals surface area contributed by atoms with Gasteiger partial charge < -0.3 is 10.0 Å². The Morgan fingerprint density at radius 3 is 2.86 bits per heavy atom. The third-order valence-electron chi connectivity index (χ3n) is 3.83. The SMILES string of the molecule is CC(CC(=O)O)C1CCCN(C(=O)Nc2ncccn2)C1. The number of amides is 2. The van der Waals surface area contributed by atoms with Crippen LogP contribution in [0.4, 0.5) is 10.7 Å². The second kappa shape index (κ2) is 7.01.